The molecular formula is C43H58Cl7F5N12O30P8. The zero-order chi connectivity index (χ0) is 80.3. The fourth-order valence-electron chi connectivity index (χ4n) is 8.54. The first kappa shape index (κ1) is 94.1. The molecule has 8 heterocycles. The number of rotatable bonds is 22. The summed E-state index contributed by atoms with van der Waals surface area (Å²) >= 11 is 36.2. The van der Waals surface area contributed by atoms with Gasteiger partial charge in [-0.2, -0.15) is 28.7 Å². The van der Waals surface area contributed by atoms with Crippen LogP contribution in [0.1, 0.15) is 24.9 Å². The van der Waals surface area contributed by atoms with E-state index in [9.17, 15) is 108 Å². The Bertz CT molecular complexity index is 4340. The standard InChI is InChI=1S/C11H13Cl3FN3O6P2.C11H16FN3O9P2.C10H15F2N3O9P2.C10H12FN3O4.CH2Cl4O2P2/c12-25(13,21)5-26(14,22)23-4-7-9(19)6(3-15)10(24-7)18-2-1-8(16)17-11(18)20;12-3-6-9(16)7(4-23-26(21,22)5-25(18,19)20)24-10(6)15-2-1-8(13)14-11(15)17;11-10(12)7(16)5(3-23-26(21,22)4-25(18,19)20)24-8(10)15-2-1-6(13)14-9(15)17;11-3-5-8(16)6(4-15)18-9(5)14-2-1-7(12)13-10(14)17;2-8(3,6)1-9(4,5)7/h1-3,7,9-10,19H,4-5H2,(H2,16,17,20);1-3,7,9-10,16H,4-5H2,(H,21,22)(H2,13,14,17)(H2,18,19,20);1-2,5,7-8,16H,3-4H2,(H,21,22)(H2,13,14,17)(H2,18,19,20);1-3,6,8-9,15-16H,4H2,(H2,12,13,17);1H2/b2*6-3+;;5-3+;/t7-,9-,10-,26?;7-,9-,10-;5-,7+,8-;6-,8-,9-;/m1111./s1. The molecule has 42 nitrogen and oxygen atoms in total. The number of aromatic nitrogens is 8. The summed E-state index contributed by atoms with van der Waals surface area (Å²) in [4.78, 5) is 114. The van der Waals surface area contributed by atoms with Gasteiger partial charge in [0.15, 0.2) is 36.6 Å². The summed E-state index contributed by atoms with van der Waals surface area (Å²) in [5.41, 5.74) is 16.8. The lowest BCUT2D eigenvalue weighted by atomic mass is 10.1. The van der Waals surface area contributed by atoms with Gasteiger partial charge in [0, 0.05) is 41.5 Å². The van der Waals surface area contributed by atoms with E-state index in [1.54, 1.807) is 0 Å². The van der Waals surface area contributed by atoms with Crippen molar-refractivity contribution in [3.05, 3.63) is 127 Å². The highest BCUT2D eigenvalue weighted by atomic mass is 35.9. The van der Waals surface area contributed by atoms with Gasteiger partial charge in [0.1, 0.15) is 77.8 Å². The second-order valence-corrected chi connectivity index (χ2v) is 49.1. The monoisotopic (exact) mass is 1810 g/mol. The maximum atomic E-state index is 14.2. The second kappa shape index (κ2) is 38.3. The van der Waals surface area contributed by atoms with Crippen molar-refractivity contribution >= 4 is 157 Å². The highest BCUT2D eigenvalue weighted by molar-refractivity contribution is 8.21. The Morgan fingerprint density at radius 2 is 0.743 bits per heavy atom. The van der Waals surface area contributed by atoms with Crippen LogP contribution in [0.15, 0.2) is 104 Å². The van der Waals surface area contributed by atoms with Crippen LogP contribution in [0.25, 0.3) is 0 Å². The Labute approximate surface area is 616 Å². The first-order valence-electron chi connectivity index (χ1n) is 27.4. The van der Waals surface area contributed by atoms with Crippen molar-refractivity contribution in [3.8, 4) is 0 Å². The van der Waals surface area contributed by atoms with Crippen LogP contribution < -0.4 is 45.7 Å². The molecule has 594 valence electrons. The Balaban J connectivity index is 0.000000287. The molecule has 62 heteroatoms. The fraction of sp³-hybridized carbons (Fsp3) is 0.488. The van der Waals surface area contributed by atoms with Crippen molar-refractivity contribution in [1.29, 1.82) is 0 Å². The third-order valence-corrected chi connectivity index (χ3v) is 32.7. The smallest absolute Gasteiger partial charge is 0.351 e. The van der Waals surface area contributed by atoms with Gasteiger partial charge in [-0.1, -0.05) is 0 Å². The molecule has 4 saturated heterocycles. The van der Waals surface area contributed by atoms with Crippen molar-refractivity contribution in [3.63, 3.8) is 0 Å². The van der Waals surface area contributed by atoms with E-state index in [1.807, 2.05) is 0 Å². The topological polar surface area (TPSA) is 667 Å². The molecule has 8 rings (SSSR count). The molecule has 19 N–H and O–H groups in total. The van der Waals surface area contributed by atoms with Gasteiger partial charge in [-0.3, -0.25) is 54.8 Å². The number of hydrogen-bond donors (Lipinski definition) is 15. The summed E-state index contributed by atoms with van der Waals surface area (Å²) in [6.07, 6.45) is -13.9. The van der Waals surface area contributed by atoms with Gasteiger partial charge in [0.2, 0.25) is 6.23 Å². The molecule has 0 aliphatic carbocycles. The molecule has 4 fully saturated rings. The summed E-state index contributed by atoms with van der Waals surface area (Å²) in [6, 6.07) is 4.90. The molecule has 0 spiro atoms. The number of nitrogens with two attached hydrogens (primary N) is 4. The highest BCUT2D eigenvalue weighted by Gasteiger charge is 2.60. The van der Waals surface area contributed by atoms with E-state index in [2.05, 4.69) is 29.0 Å². The van der Waals surface area contributed by atoms with Crippen LogP contribution in [-0.2, 0) is 69.0 Å². The van der Waals surface area contributed by atoms with Gasteiger partial charge in [-0.25, -0.2) is 32.3 Å². The van der Waals surface area contributed by atoms with Crippen molar-refractivity contribution in [2.45, 2.75) is 79.7 Å². The van der Waals surface area contributed by atoms with E-state index < -0.39 is 207 Å². The van der Waals surface area contributed by atoms with E-state index >= 15 is 0 Å². The molecule has 0 amide bonds. The quantitative estimate of drug-likeness (QED) is 0.0379. The third-order valence-electron chi connectivity index (χ3n) is 12.9. The number of alkyl halides is 2. The van der Waals surface area contributed by atoms with Crippen molar-refractivity contribution in [2.75, 3.05) is 73.0 Å². The maximum absolute atomic E-state index is 14.2. The van der Waals surface area contributed by atoms with Crippen LogP contribution in [0.2, 0.25) is 0 Å². The zero-order valence-corrected chi connectivity index (χ0v) is 64.1. The lowest BCUT2D eigenvalue weighted by Gasteiger charge is -2.20. The lowest BCUT2D eigenvalue weighted by Crippen LogP contribution is -2.41. The molecule has 105 heavy (non-hydrogen) atoms. The Kier molecular flexibility index (Phi) is 34.3. The first-order valence-corrected chi connectivity index (χ1v) is 48.3. The normalized spacial score (nSPS) is 26.9. The van der Waals surface area contributed by atoms with Crippen LogP contribution in [-0.4, -0.2) is 198 Å². The number of halogens is 12. The minimum atomic E-state index is -4.92. The molecule has 4 aliphatic heterocycles. The molecular weight excluding hydrogens is 1760 g/mol. The summed E-state index contributed by atoms with van der Waals surface area (Å²) < 4.78 is 194. The van der Waals surface area contributed by atoms with Gasteiger partial charge >= 0.3 is 59.1 Å². The average Bonchev–Trinajstić information content (AvgIpc) is 1.64. The first-order chi connectivity index (χ1) is 47.9. The number of nitrogens with zero attached hydrogens (tertiary/aromatic N) is 8. The van der Waals surface area contributed by atoms with Gasteiger partial charge < -0.3 is 110 Å². The molecule has 4 aromatic rings. The molecule has 4 aromatic heterocycles. The van der Waals surface area contributed by atoms with Crippen LogP contribution in [0.5, 0.6) is 0 Å². The van der Waals surface area contributed by atoms with Gasteiger partial charge in [-0.05, 0) is 103 Å². The van der Waals surface area contributed by atoms with Gasteiger partial charge in [0.25, 0.3) is 24.3 Å². The summed E-state index contributed by atoms with van der Waals surface area (Å²) in [5, 5.41) is 48.5. The number of hydrogen-bond acceptors (Lipinski definition) is 32. The second-order valence-electron chi connectivity index (χ2n) is 21.1. The molecule has 3 unspecified atom stereocenters. The largest absolute Gasteiger partial charge is 0.394 e. The molecule has 0 radical (unpaired) electrons. The highest BCUT2D eigenvalue weighted by Crippen LogP contribution is 2.72. The average molecular weight is 1810 g/mol. The molecule has 15 atom stereocenters. The number of nitrogen functional groups attached to an aromatic ring is 4. The van der Waals surface area contributed by atoms with E-state index in [0.717, 1.165) is 32.2 Å². The molecule has 0 aromatic carbocycles. The number of aliphatic hydroxyl groups excluding tert-OH is 5. The van der Waals surface area contributed by atoms with Crippen LogP contribution in [0.3, 0.4) is 0 Å². The zero-order valence-electron chi connectivity index (χ0n) is 51.6. The van der Waals surface area contributed by atoms with Gasteiger partial charge in [-0.15, -0.1) is 0 Å². The van der Waals surface area contributed by atoms with Crippen molar-refractivity contribution < 1.29 is 146 Å². The summed E-state index contributed by atoms with van der Waals surface area (Å²) in [7, 11) is -19.3. The minimum absolute atomic E-state index is 0.00626. The Morgan fingerprint density at radius 1 is 0.457 bits per heavy atom. The number of anilines is 4. The Hall–Kier alpha value is -3.26. The minimum Gasteiger partial charge on any atom is -0.394 e. The van der Waals surface area contributed by atoms with Crippen LogP contribution >= 0.6 is 133 Å². The van der Waals surface area contributed by atoms with E-state index in [0.29, 0.717) is 4.57 Å². The number of aliphatic hydroxyl groups is 5. The number of ether oxygens (including phenoxy) is 4. The van der Waals surface area contributed by atoms with Crippen LogP contribution in [0, 0.1) is 0 Å². The van der Waals surface area contributed by atoms with Gasteiger partial charge in [0.05, 0.1) is 45.4 Å². The molecule has 4 aliphatic rings. The fourth-order valence-corrected chi connectivity index (χ4v) is 29.9. The predicted molar refractivity (Wildman–Crippen MR) is 363 cm³/mol. The third kappa shape index (κ3) is 29.4. The van der Waals surface area contributed by atoms with E-state index in [1.165, 1.54) is 30.6 Å². The summed E-state index contributed by atoms with van der Waals surface area (Å²) in [6.45, 7) is -6.93. The maximum Gasteiger partial charge on any atom is 0.351 e. The van der Waals surface area contributed by atoms with Crippen LogP contribution in [0.4, 0.5) is 45.2 Å². The van der Waals surface area contributed by atoms with Crippen molar-refractivity contribution in [1.82, 2.24) is 38.2 Å². The lowest BCUT2D eigenvalue weighted by molar-refractivity contribution is -0.140. The summed E-state index contributed by atoms with van der Waals surface area (Å²) in [5.74, 6) is -19.2. The molecule has 0 bridgehead atoms. The van der Waals surface area contributed by atoms with E-state index in [4.69, 9.17) is 150 Å². The Morgan fingerprint density at radius 3 is 1.02 bits per heavy atom. The van der Waals surface area contributed by atoms with E-state index in [-0.39, 0.29) is 59.0 Å². The molecule has 0 saturated carbocycles. The SMILES string of the molecule is Nc1ccn([C@@H]2O[C@H](CO)[C@H](O)/C2=C\F)c(=O)n1.Nc1ccn([C@@H]2O[C@H](COP(=O)(Cl)CP(=O)(Cl)Cl)[C@H](O)/C2=C\F)c(=O)n1.Nc1ccn([C@@H]2O[C@H](COP(=O)(O)CP(=O)(O)O)[C@H](O)/C2=C\F)c(=O)n1.Nc1ccn([C@@H]2O[C@H](COP(=O)(O)CP(=O)(O)O)[C@H](O)C2(F)F)c(=O)n1.O=P(Cl)(Cl)CP(=O)(Cl)Cl. The predicted octanol–water partition coefficient (Wildman–Crippen LogP) is 4.56. The van der Waals surface area contributed by atoms with Crippen molar-refractivity contribution in [2.24, 2.45) is 0 Å².